The summed E-state index contributed by atoms with van der Waals surface area (Å²) in [7, 11) is 5.67. The number of rotatable bonds is 4. The van der Waals surface area contributed by atoms with Gasteiger partial charge in [0.1, 0.15) is 5.82 Å². The van der Waals surface area contributed by atoms with Crippen LogP contribution >= 0.6 is 0 Å². The fourth-order valence-electron chi connectivity index (χ4n) is 1.45. The third kappa shape index (κ3) is 3.82. The van der Waals surface area contributed by atoms with Crippen molar-refractivity contribution in [2.45, 2.75) is 6.92 Å². The fraction of sp³-hybridized carbons (Fsp3) is 0.462. The molecule has 4 heteroatoms. The predicted octanol–water partition coefficient (Wildman–Crippen LogP) is 1.77. The monoisotopic (exact) mass is 238 g/mol. The maximum Gasteiger partial charge on any atom is 0.253 e. The van der Waals surface area contributed by atoms with Crippen LogP contribution in [0.2, 0.25) is 0 Å². The van der Waals surface area contributed by atoms with Crippen LogP contribution in [0, 0.1) is 12.7 Å². The molecule has 0 aromatic heterocycles. The van der Waals surface area contributed by atoms with Crippen molar-refractivity contribution >= 4 is 5.91 Å². The number of hydrogen-bond donors (Lipinski definition) is 0. The molecule has 0 radical (unpaired) electrons. The lowest BCUT2D eigenvalue weighted by Gasteiger charge is -2.19. The Kier molecular flexibility index (Phi) is 4.63. The maximum atomic E-state index is 13.1. The number of hydrogen-bond acceptors (Lipinski definition) is 2. The van der Waals surface area contributed by atoms with E-state index in [0.717, 1.165) is 6.54 Å². The van der Waals surface area contributed by atoms with E-state index in [9.17, 15) is 9.18 Å². The van der Waals surface area contributed by atoms with Gasteiger partial charge in [-0.05, 0) is 44.8 Å². The summed E-state index contributed by atoms with van der Waals surface area (Å²) in [5.41, 5.74) is 1.03. The summed E-state index contributed by atoms with van der Waals surface area (Å²) >= 11 is 0. The third-order valence-corrected chi connectivity index (χ3v) is 2.63. The molecular weight excluding hydrogens is 219 g/mol. The number of halogens is 1. The summed E-state index contributed by atoms with van der Waals surface area (Å²) in [5.74, 6) is -0.354. The van der Waals surface area contributed by atoms with E-state index in [2.05, 4.69) is 0 Å². The minimum absolute atomic E-state index is 0.0741. The molecule has 1 rings (SSSR count). The van der Waals surface area contributed by atoms with Crippen molar-refractivity contribution in [3.8, 4) is 0 Å². The number of nitrogens with zero attached hydrogens (tertiary/aromatic N) is 2. The molecule has 0 aliphatic heterocycles. The van der Waals surface area contributed by atoms with Crippen molar-refractivity contribution < 1.29 is 9.18 Å². The first kappa shape index (κ1) is 13.6. The Balaban J connectivity index is 2.71. The van der Waals surface area contributed by atoms with Crippen LogP contribution in [-0.4, -0.2) is 49.9 Å². The molecule has 17 heavy (non-hydrogen) atoms. The molecule has 0 fully saturated rings. The predicted molar refractivity (Wildman–Crippen MR) is 66.7 cm³/mol. The largest absolute Gasteiger partial charge is 0.340 e. The van der Waals surface area contributed by atoms with Gasteiger partial charge in [-0.3, -0.25) is 4.79 Å². The van der Waals surface area contributed by atoms with Crippen molar-refractivity contribution in [3.63, 3.8) is 0 Å². The fourth-order valence-corrected chi connectivity index (χ4v) is 1.45. The molecule has 0 aliphatic rings. The van der Waals surface area contributed by atoms with E-state index >= 15 is 0 Å². The second kappa shape index (κ2) is 5.77. The topological polar surface area (TPSA) is 23.6 Å². The summed E-state index contributed by atoms with van der Waals surface area (Å²) in [6, 6.07) is 4.45. The van der Waals surface area contributed by atoms with Crippen LogP contribution in [0.25, 0.3) is 0 Å². The van der Waals surface area contributed by atoms with Gasteiger partial charge in [0.15, 0.2) is 0 Å². The molecule has 0 atom stereocenters. The highest BCUT2D eigenvalue weighted by molar-refractivity contribution is 5.94. The molecule has 0 bridgehead atoms. The van der Waals surface area contributed by atoms with E-state index in [1.54, 1.807) is 24.9 Å². The molecule has 0 heterocycles. The van der Waals surface area contributed by atoms with Gasteiger partial charge in [0, 0.05) is 25.7 Å². The van der Waals surface area contributed by atoms with Crippen LogP contribution in [0.1, 0.15) is 15.9 Å². The molecule has 94 valence electrons. The maximum absolute atomic E-state index is 13.1. The van der Waals surface area contributed by atoms with Crippen molar-refractivity contribution in [1.29, 1.82) is 0 Å². The van der Waals surface area contributed by atoms with Gasteiger partial charge in [-0.2, -0.15) is 0 Å². The second-order valence-electron chi connectivity index (χ2n) is 4.49. The van der Waals surface area contributed by atoms with Crippen LogP contribution in [-0.2, 0) is 0 Å². The van der Waals surface area contributed by atoms with Crippen molar-refractivity contribution in [3.05, 3.63) is 35.1 Å². The number of carbonyl (C=O) groups excluding carboxylic acids is 1. The van der Waals surface area contributed by atoms with Crippen LogP contribution in [0.4, 0.5) is 4.39 Å². The summed E-state index contributed by atoms with van der Waals surface area (Å²) < 4.78 is 13.1. The first-order valence-corrected chi connectivity index (χ1v) is 5.58. The highest BCUT2D eigenvalue weighted by Crippen LogP contribution is 2.10. The van der Waals surface area contributed by atoms with E-state index in [1.165, 1.54) is 12.1 Å². The lowest BCUT2D eigenvalue weighted by molar-refractivity contribution is 0.0786. The van der Waals surface area contributed by atoms with Crippen molar-refractivity contribution in [1.82, 2.24) is 9.80 Å². The molecule has 1 aromatic rings. The lowest BCUT2D eigenvalue weighted by atomic mass is 10.1. The first-order chi connectivity index (χ1) is 7.91. The Morgan fingerprint density at radius 1 is 1.24 bits per heavy atom. The molecule has 0 N–H and O–H groups in total. The van der Waals surface area contributed by atoms with Crippen LogP contribution in [0.15, 0.2) is 18.2 Å². The Bertz CT molecular complexity index is 404. The highest BCUT2D eigenvalue weighted by atomic mass is 19.1. The summed E-state index contributed by atoms with van der Waals surface area (Å²) in [6.45, 7) is 3.12. The van der Waals surface area contributed by atoms with Gasteiger partial charge in [0.25, 0.3) is 5.91 Å². The van der Waals surface area contributed by atoms with Gasteiger partial charge in [-0.15, -0.1) is 0 Å². The minimum Gasteiger partial charge on any atom is -0.340 e. The Morgan fingerprint density at radius 3 is 2.41 bits per heavy atom. The van der Waals surface area contributed by atoms with E-state index in [1.807, 2.05) is 19.0 Å². The van der Waals surface area contributed by atoms with E-state index in [0.29, 0.717) is 17.7 Å². The van der Waals surface area contributed by atoms with Gasteiger partial charge < -0.3 is 9.80 Å². The second-order valence-corrected chi connectivity index (χ2v) is 4.49. The average molecular weight is 238 g/mol. The normalized spacial score (nSPS) is 10.7. The third-order valence-electron chi connectivity index (χ3n) is 2.63. The standard InChI is InChI=1S/C13H19FN2O/c1-10-9-11(5-6-12(10)14)13(17)16(4)8-7-15(2)3/h5-6,9H,7-8H2,1-4H3. The zero-order chi connectivity index (χ0) is 13.0. The molecule has 0 unspecified atom stereocenters. The van der Waals surface area contributed by atoms with E-state index in [-0.39, 0.29) is 11.7 Å². The zero-order valence-electron chi connectivity index (χ0n) is 10.8. The minimum atomic E-state index is -0.280. The molecule has 1 aromatic carbocycles. The Labute approximate surface area is 102 Å². The van der Waals surface area contributed by atoms with Crippen LogP contribution < -0.4 is 0 Å². The van der Waals surface area contributed by atoms with Gasteiger partial charge in [0.05, 0.1) is 0 Å². The van der Waals surface area contributed by atoms with E-state index < -0.39 is 0 Å². The molecular formula is C13H19FN2O. The van der Waals surface area contributed by atoms with Crippen molar-refractivity contribution in [2.24, 2.45) is 0 Å². The number of likely N-dealkylation sites (N-methyl/N-ethyl adjacent to an activating group) is 2. The molecule has 0 spiro atoms. The zero-order valence-corrected chi connectivity index (χ0v) is 10.8. The first-order valence-electron chi connectivity index (χ1n) is 5.58. The van der Waals surface area contributed by atoms with Gasteiger partial charge in [0.2, 0.25) is 0 Å². The number of benzene rings is 1. The quantitative estimate of drug-likeness (QED) is 0.798. The molecule has 0 aliphatic carbocycles. The van der Waals surface area contributed by atoms with Gasteiger partial charge in [-0.1, -0.05) is 0 Å². The molecule has 0 saturated heterocycles. The average Bonchev–Trinajstić information content (AvgIpc) is 2.28. The summed E-state index contributed by atoms with van der Waals surface area (Å²) in [5, 5.41) is 0. The van der Waals surface area contributed by atoms with Crippen molar-refractivity contribution in [2.75, 3.05) is 34.2 Å². The number of aryl methyl sites for hydroxylation is 1. The Morgan fingerprint density at radius 2 is 1.88 bits per heavy atom. The SMILES string of the molecule is Cc1cc(C(=O)N(C)CCN(C)C)ccc1F. The molecule has 3 nitrogen and oxygen atoms in total. The molecule has 0 saturated carbocycles. The molecule has 1 amide bonds. The van der Waals surface area contributed by atoms with E-state index in [4.69, 9.17) is 0 Å². The summed E-state index contributed by atoms with van der Waals surface area (Å²) in [4.78, 5) is 15.7. The highest BCUT2D eigenvalue weighted by Gasteiger charge is 2.12. The van der Waals surface area contributed by atoms with Gasteiger partial charge in [-0.25, -0.2) is 4.39 Å². The number of amides is 1. The van der Waals surface area contributed by atoms with Crippen LogP contribution in [0.5, 0.6) is 0 Å². The van der Waals surface area contributed by atoms with Crippen LogP contribution in [0.3, 0.4) is 0 Å². The summed E-state index contributed by atoms with van der Waals surface area (Å²) in [6.07, 6.45) is 0. The number of carbonyl (C=O) groups is 1. The lowest BCUT2D eigenvalue weighted by Crippen LogP contribution is -2.33. The smallest absolute Gasteiger partial charge is 0.253 e. The van der Waals surface area contributed by atoms with Gasteiger partial charge >= 0.3 is 0 Å². The Hall–Kier alpha value is -1.42.